The van der Waals surface area contributed by atoms with Crippen LogP contribution in [0.2, 0.25) is 0 Å². The van der Waals surface area contributed by atoms with E-state index < -0.39 is 36.9 Å². The fraction of sp³-hybridized carbons (Fsp3) is 0.455. The Balaban J connectivity index is 2.27. The zero-order valence-electron chi connectivity index (χ0n) is 10.5. The van der Waals surface area contributed by atoms with Crippen molar-refractivity contribution >= 4 is 15.7 Å². The highest BCUT2D eigenvalue weighted by Gasteiger charge is 2.35. The first-order valence-electron chi connectivity index (χ1n) is 5.96. The molecule has 1 aromatic rings. The Bertz CT molecular complexity index is 643. The number of benzene rings is 1. The Morgan fingerprint density at radius 3 is 2.60 bits per heavy atom. The van der Waals surface area contributed by atoms with Crippen molar-refractivity contribution in [2.75, 3.05) is 6.54 Å². The van der Waals surface area contributed by atoms with E-state index in [0.717, 1.165) is 18.6 Å². The number of nitro benzene ring substituents is 1. The van der Waals surface area contributed by atoms with Gasteiger partial charge in [-0.1, -0.05) is 0 Å². The number of nitro groups is 1. The molecule has 7 nitrogen and oxygen atoms in total. The summed E-state index contributed by atoms with van der Waals surface area (Å²) in [5, 5.41) is 10.8. The molecule has 3 N–H and O–H groups in total. The van der Waals surface area contributed by atoms with Crippen molar-refractivity contribution in [1.29, 1.82) is 0 Å². The predicted octanol–water partition coefficient (Wildman–Crippen LogP) is 0.894. The lowest BCUT2D eigenvalue weighted by Gasteiger charge is -2.37. The van der Waals surface area contributed by atoms with Gasteiger partial charge in [0.2, 0.25) is 10.0 Å². The van der Waals surface area contributed by atoms with Gasteiger partial charge in [-0.2, -0.15) is 0 Å². The number of sulfonamides is 1. The number of nitrogens with two attached hydrogens (primary N) is 1. The molecule has 1 aromatic carbocycles. The van der Waals surface area contributed by atoms with Gasteiger partial charge in [0.05, 0.1) is 11.0 Å². The Hall–Kier alpha value is -1.58. The van der Waals surface area contributed by atoms with E-state index in [9.17, 15) is 22.9 Å². The minimum Gasteiger partial charge on any atom is -0.324 e. The molecule has 9 heteroatoms. The smallest absolute Gasteiger partial charge is 0.292 e. The van der Waals surface area contributed by atoms with Crippen LogP contribution >= 0.6 is 0 Å². The largest absolute Gasteiger partial charge is 0.324 e. The zero-order chi connectivity index (χ0) is 15.0. The molecule has 0 unspecified atom stereocenters. The van der Waals surface area contributed by atoms with E-state index in [1.165, 1.54) is 0 Å². The highest BCUT2D eigenvalue weighted by molar-refractivity contribution is 7.89. The number of hydrogen-bond acceptors (Lipinski definition) is 5. The molecule has 1 aliphatic carbocycles. The molecule has 0 bridgehead atoms. The van der Waals surface area contributed by atoms with Crippen LogP contribution in [0.15, 0.2) is 23.1 Å². The van der Waals surface area contributed by atoms with Crippen molar-refractivity contribution in [2.45, 2.75) is 29.7 Å². The van der Waals surface area contributed by atoms with E-state index in [2.05, 4.69) is 4.72 Å². The minimum absolute atomic E-state index is 0.00383. The van der Waals surface area contributed by atoms with Crippen LogP contribution in [0.3, 0.4) is 0 Å². The lowest BCUT2D eigenvalue weighted by Crippen LogP contribution is -2.54. The Morgan fingerprint density at radius 2 is 2.10 bits per heavy atom. The van der Waals surface area contributed by atoms with Gasteiger partial charge in [-0.15, -0.1) is 0 Å². The Labute approximate surface area is 115 Å². The van der Waals surface area contributed by atoms with Crippen LogP contribution in [-0.4, -0.2) is 25.4 Å². The van der Waals surface area contributed by atoms with Gasteiger partial charge in [-0.25, -0.2) is 17.5 Å². The molecule has 1 saturated carbocycles. The molecule has 0 spiro atoms. The maximum Gasteiger partial charge on any atom is 0.292 e. The number of halogens is 1. The first-order chi connectivity index (χ1) is 9.23. The first-order valence-corrected chi connectivity index (χ1v) is 7.44. The second kappa shape index (κ2) is 5.08. The Morgan fingerprint density at radius 1 is 1.45 bits per heavy atom. The molecule has 0 aliphatic heterocycles. The monoisotopic (exact) mass is 303 g/mol. The van der Waals surface area contributed by atoms with Gasteiger partial charge in [-0.05, 0) is 31.4 Å². The molecule has 0 atom stereocenters. The normalized spacial score (nSPS) is 17.5. The van der Waals surface area contributed by atoms with Gasteiger partial charge in [-0.3, -0.25) is 10.1 Å². The zero-order valence-corrected chi connectivity index (χ0v) is 11.3. The molecule has 0 heterocycles. The van der Waals surface area contributed by atoms with Gasteiger partial charge < -0.3 is 5.73 Å². The molecule has 0 aromatic heterocycles. The van der Waals surface area contributed by atoms with Crippen LogP contribution in [0.1, 0.15) is 19.3 Å². The molecule has 0 saturated heterocycles. The summed E-state index contributed by atoms with van der Waals surface area (Å²) in [6.07, 6.45) is 2.32. The SMILES string of the molecule is NC1(CNS(=O)(=O)c2ccc(F)cc2[N+](=O)[O-])CCC1. The van der Waals surface area contributed by atoms with Crippen molar-refractivity contribution in [3.63, 3.8) is 0 Å². The molecule has 110 valence electrons. The topological polar surface area (TPSA) is 115 Å². The highest BCUT2D eigenvalue weighted by Crippen LogP contribution is 2.29. The molecular weight excluding hydrogens is 289 g/mol. The first kappa shape index (κ1) is 14.8. The number of rotatable bonds is 5. The number of hydrogen-bond donors (Lipinski definition) is 2. The summed E-state index contributed by atoms with van der Waals surface area (Å²) in [6, 6.07) is 2.32. The average Bonchev–Trinajstić information content (AvgIpc) is 2.33. The van der Waals surface area contributed by atoms with Crippen LogP contribution in [-0.2, 0) is 10.0 Å². The third kappa shape index (κ3) is 2.94. The second-order valence-electron chi connectivity index (χ2n) is 4.91. The summed E-state index contributed by atoms with van der Waals surface area (Å²) < 4.78 is 39.4. The van der Waals surface area contributed by atoms with E-state index in [1.54, 1.807) is 0 Å². The van der Waals surface area contributed by atoms with E-state index in [4.69, 9.17) is 5.73 Å². The van der Waals surface area contributed by atoms with E-state index in [-0.39, 0.29) is 6.54 Å². The van der Waals surface area contributed by atoms with E-state index in [1.807, 2.05) is 0 Å². The van der Waals surface area contributed by atoms with Crippen LogP contribution in [0.4, 0.5) is 10.1 Å². The van der Waals surface area contributed by atoms with Crippen LogP contribution < -0.4 is 10.5 Å². The molecule has 0 radical (unpaired) electrons. The lowest BCUT2D eigenvalue weighted by atomic mass is 9.78. The summed E-state index contributed by atoms with van der Waals surface area (Å²) in [5.74, 6) is -0.870. The van der Waals surface area contributed by atoms with Gasteiger partial charge in [0.1, 0.15) is 5.82 Å². The van der Waals surface area contributed by atoms with Crippen LogP contribution in [0.5, 0.6) is 0 Å². The molecule has 1 aliphatic rings. The van der Waals surface area contributed by atoms with Gasteiger partial charge >= 0.3 is 0 Å². The molecule has 1 fully saturated rings. The second-order valence-corrected chi connectivity index (χ2v) is 6.65. The van der Waals surface area contributed by atoms with Crippen molar-refractivity contribution < 1.29 is 17.7 Å². The third-order valence-corrected chi connectivity index (χ3v) is 4.82. The van der Waals surface area contributed by atoms with Crippen LogP contribution in [0.25, 0.3) is 0 Å². The summed E-state index contributed by atoms with van der Waals surface area (Å²) in [4.78, 5) is 9.32. The Kier molecular flexibility index (Phi) is 3.76. The minimum atomic E-state index is -4.10. The third-order valence-electron chi connectivity index (χ3n) is 3.37. The van der Waals surface area contributed by atoms with Gasteiger partial charge in [0.15, 0.2) is 4.90 Å². The number of nitrogens with one attached hydrogen (secondary N) is 1. The quantitative estimate of drug-likeness (QED) is 0.619. The highest BCUT2D eigenvalue weighted by atomic mass is 32.2. The van der Waals surface area contributed by atoms with Gasteiger partial charge in [0.25, 0.3) is 5.69 Å². The summed E-state index contributed by atoms with van der Waals surface area (Å²) >= 11 is 0. The summed E-state index contributed by atoms with van der Waals surface area (Å²) in [7, 11) is -4.10. The molecule has 2 rings (SSSR count). The van der Waals surface area contributed by atoms with Crippen molar-refractivity contribution in [3.05, 3.63) is 34.1 Å². The fourth-order valence-corrected chi connectivity index (χ4v) is 3.27. The number of nitrogens with zero attached hydrogens (tertiary/aromatic N) is 1. The van der Waals surface area contributed by atoms with Gasteiger partial charge in [0, 0.05) is 12.1 Å². The lowest BCUT2D eigenvalue weighted by molar-refractivity contribution is -0.388. The average molecular weight is 303 g/mol. The van der Waals surface area contributed by atoms with Crippen molar-refractivity contribution in [1.82, 2.24) is 4.72 Å². The maximum atomic E-state index is 13.0. The predicted molar refractivity (Wildman–Crippen MR) is 69.0 cm³/mol. The summed E-state index contributed by atoms with van der Waals surface area (Å²) in [6.45, 7) is 0.00383. The van der Waals surface area contributed by atoms with E-state index >= 15 is 0 Å². The van der Waals surface area contributed by atoms with Crippen molar-refractivity contribution in [2.24, 2.45) is 5.73 Å². The molecular formula is C11H14FN3O4S. The fourth-order valence-electron chi connectivity index (χ4n) is 1.98. The maximum absolute atomic E-state index is 13.0. The van der Waals surface area contributed by atoms with Crippen LogP contribution in [0, 0.1) is 15.9 Å². The standard InChI is InChI=1S/C11H14FN3O4S/c12-8-2-3-10(9(6-8)15(16)17)20(18,19)14-7-11(13)4-1-5-11/h2-3,6,14H,1,4-5,7,13H2. The summed E-state index contributed by atoms with van der Waals surface area (Å²) in [5.41, 5.74) is 4.50. The van der Waals surface area contributed by atoms with E-state index in [0.29, 0.717) is 18.9 Å². The molecule has 20 heavy (non-hydrogen) atoms. The molecule has 0 amide bonds. The van der Waals surface area contributed by atoms with Crippen molar-refractivity contribution in [3.8, 4) is 0 Å².